The predicted octanol–water partition coefficient (Wildman–Crippen LogP) is 2.87. The highest BCUT2D eigenvalue weighted by Gasteiger charge is 2.34. The number of nitriles is 1. The number of para-hydroxylation sites is 1. The molecule has 7 nitrogen and oxygen atoms in total. The highest BCUT2D eigenvalue weighted by molar-refractivity contribution is 7.11. The molecule has 1 saturated heterocycles. The van der Waals surface area contributed by atoms with Crippen LogP contribution in [-0.2, 0) is 6.18 Å². The van der Waals surface area contributed by atoms with Gasteiger partial charge in [0.05, 0.1) is 17.3 Å². The summed E-state index contributed by atoms with van der Waals surface area (Å²) in [6.07, 6.45) is -4.12. The fraction of sp³-hybridized carbons (Fsp3) is 0.312. The molecular formula is C16H14F3N5O2S. The van der Waals surface area contributed by atoms with E-state index in [1.54, 1.807) is 6.07 Å². The van der Waals surface area contributed by atoms with Crippen molar-refractivity contribution in [1.82, 2.24) is 8.86 Å². The first-order valence-corrected chi connectivity index (χ1v) is 8.63. The predicted molar refractivity (Wildman–Crippen MR) is 92.8 cm³/mol. The van der Waals surface area contributed by atoms with Gasteiger partial charge in [0, 0.05) is 13.1 Å². The fourth-order valence-corrected chi connectivity index (χ4v) is 3.98. The van der Waals surface area contributed by atoms with Crippen LogP contribution in [0.2, 0.25) is 0 Å². The van der Waals surface area contributed by atoms with Crippen LogP contribution in [0.5, 0.6) is 0 Å². The summed E-state index contributed by atoms with van der Waals surface area (Å²) in [5, 5.41) is 11.9. The summed E-state index contributed by atoms with van der Waals surface area (Å²) in [6.45, 7) is 0.574. The van der Waals surface area contributed by atoms with E-state index in [1.165, 1.54) is 27.1 Å². The molecule has 3 rings (SSSR count). The first kappa shape index (κ1) is 18.8. The number of nitrogens with zero attached hydrogens (tertiary/aromatic N) is 3. The Bertz CT molecular complexity index is 976. The summed E-state index contributed by atoms with van der Waals surface area (Å²) in [6, 6.07) is 5.57. The molecule has 1 aliphatic heterocycles. The average Bonchev–Trinajstić information content (AvgIpc) is 3.19. The van der Waals surface area contributed by atoms with Gasteiger partial charge in [0.2, 0.25) is 0 Å². The second kappa shape index (κ2) is 6.96. The van der Waals surface area contributed by atoms with Gasteiger partial charge >= 0.3 is 12.2 Å². The quantitative estimate of drug-likeness (QED) is 0.831. The number of aromatic nitrogens is 1. The van der Waals surface area contributed by atoms with E-state index in [0.717, 1.165) is 17.6 Å². The molecule has 142 valence electrons. The Labute approximate surface area is 155 Å². The van der Waals surface area contributed by atoms with Crippen molar-refractivity contribution in [2.75, 3.05) is 18.4 Å². The Hall–Kier alpha value is -3.00. The van der Waals surface area contributed by atoms with Crippen molar-refractivity contribution >= 4 is 28.3 Å². The van der Waals surface area contributed by atoms with Gasteiger partial charge in [-0.05, 0) is 30.1 Å². The third-order valence-corrected chi connectivity index (χ3v) is 5.38. The maximum atomic E-state index is 13.2. The molecule has 1 aliphatic rings. The summed E-state index contributed by atoms with van der Waals surface area (Å²) < 4.78 is 40.8. The monoisotopic (exact) mass is 397 g/mol. The molecule has 11 heteroatoms. The Morgan fingerprint density at radius 3 is 2.67 bits per heavy atom. The van der Waals surface area contributed by atoms with Crippen molar-refractivity contribution in [3.63, 3.8) is 0 Å². The second-order valence-corrected chi connectivity index (χ2v) is 6.92. The van der Waals surface area contributed by atoms with Gasteiger partial charge in [0.15, 0.2) is 5.56 Å². The number of likely N-dealkylation sites (tertiary alicyclic amines) is 1. The summed E-state index contributed by atoms with van der Waals surface area (Å²) in [5.74, 6) is 0. The summed E-state index contributed by atoms with van der Waals surface area (Å²) >= 11 is 0.860. The van der Waals surface area contributed by atoms with Gasteiger partial charge in [0.1, 0.15) is 11.1 Å². The van der Waals surface area contributed by atoms with E-state index in [4.69, 9.17) is 5.73 Å². The van der Waals surface area contributed by atoms with Crippen LogP contribution < -0.4 is 16.6 Å². The number of amides is 2. The Kier molecular flexibility index (Phi) is 4.84. The van der Waals surface area contributed by atoms with Gasteiger partial charge < -0.3 is 16.0 Å². The van der Waals surface area contributed by atoms with E-state index in [9.17, 15) is 28.0 Å². The number of hydrogen-bond donors (Lipinski definition) is 2. The largest absolute Gasteiger partial charge is 0.418 e. The molecule has 0 bridgehead atoms. The van der Waals surface area contributed by atoms with Gasteiger partial charge in [-0.15, -0.1) is 0 Å². The Morgan fingerprint density at radius 2 is 2.07 bits per heavy atom. The molecule has 2 amide bonds. The number of primary amides is 1. The zero-order valence-electron chi connectivity index (χ0n) is 13.8. The van der Waals surface area contributed by atoms with Crippen molar-refractivity contribution in [3.05, 3.63) is 45.7 Å². The molecule has 1 fully saturated rings. The molecule has 1 atom stereocenters. The topological polar surface area (TPSA) is 104 Å². The van der Waals surface area contributed by atoms with Crippen LogP contribution in [0.15, 0.2) is 29.1 Å². The number of carbonyl (C=O) groups is 1. The molecule has 0 aliphatic carbocycles. The third-order valence-electron chi connectivity index (χ3n) is 4.23. The van der Waals surface area contributed by atoms with Gasteiger partial charge in [-0.2, -0.15) is 18.4 Å². The number of benzene rings is 1. The molecule has 3 N–H and O–H groups in total. The van der Waals surface area contributed by atoms with Crippen LogP contribution in [0, 0.1) is 11.3 Å². The maximum Gasteiger partial charge on any atom is 0.418 e. The number of nitrogens with one attached hydrogen (secondary N) is 1. The van der Waals surface area contributed by atoms with Crippen molar-refractivity contribution in [3.8, 4) is 6.07 Å². The molecule has 0 spiro atoms. The van der Waals surface area contributed by atoms with Crippen LogP contribution in [0.25, 0.3) is 0 Å². The normalized spacial score (nSPS) is 17.0. The number of anilines is 2. The Balaban J connectivity index is 1.96. The van der Waals surface area contributed by atoms with Gasteiger partial charge in [-0.25, -0.2) is 4.79 Å². The number of halogens is 3. The van der Waals surface area contributed by atoms with Crippen molar-refractivity contribution in [1.29, 1.82) is 5.26 Å². The lowest BCUT2D eigenvalue weighted by Gasteiger charge is -2.14. The first-order chi connectivity index (χ1) is 12.7. The van der Waals surface area contributed by atoms with E-state index in [2.05, 4.69) is 5.32 Å². The summed E-state index contributed by atoms with van der Waals surface area (Å²) in [5.41, 5.74) is 3.20. The zero-order chi connectivity index (χ0) is 19.8. The molecule has 2 aromatic rings. The van der Waals surface area contributed by atoms with E-state index in [1.807, 2.05) is 0 Å². The number of urea groups is 1. The smallest absolute Gasteiger partial charge is 0.351 e. The molecular weight excluding hydrogens is 383 g/mol. The standard InChI is InChI=1S/C16H14F3N5O2S/c17-16(18,19)11-3-1-2-4-12(11)22-13-10(7-20)14(25)24(27-13)9-5-6-23(8-9)15(21)26/h1-4,9,22H,5-6,8H2,(H2,21,26)/t9-/m0/s1. The van der Waals surface area contributed by atoms with E-state index in [-0.39, 0.29) is 28.8 Å². The number of nitrogens with two attached hydrogens (primary N) is 1. The average molecular weight is 397 g/mol. The molecule has 2 heterocycles. The third kappa shape index (κ3) is 3.61. The van der Waals surface area contributed by atoms with E-state index in [0.29, 0.717) is 13.0 Å². The maximum absolute atomic E-state index is 13.2. The number of hydrogen-bond acceptors (Lipinski definition) is 5. The van der Waals surface area contributed by atoms with Gasteiger partial charge in [-0.1, -0.05) is 12.1 Å². The minimum absolute atomic E-state index is 0.0247. The minimum atomic E-state index is -4.59. The summed E-state index contributed by atoms with van der Waals surface area (Å²) in [4.78, 5) is 25.1. The number of rotatable bonds is 3. The van der Waals surface area contributed by atoms with Crippen molar-refractivity contribution in [2.45, 2.75) is 18.6 Å². The van der Waals surface area contributed by atoms with Crippen molar-refractivity contribution in [2.24, 2.45) is 5.73 Å². The fourth-order valence-electron chi connectivity index (χ4n) is 2.91. The zero-order valence-corrected chi connectivity index (χ0v) is 14.6. The molecule has 0 unspecified atom stereocenters. The highest BCUT2D eigenvalue weighted by Crippen LogP contribution is 2.37. The second-order valence-electron chi connectivity index (χ2n) is 5.93. The molecule has 0 radical (unpaired) electrons. The molecule has 1 aromatic carbocycles. The van der Waals surface area contributed by atoms with Crippen LogP contribution in [0.1, 0.15) is 23.6 Å². The lowest BCUT2D eigenvalue weighted by molar-refractivity contribution is -0.136. The van der Waals surface area contributed by atoms with Crippen LogP contribution in [-0.4, -0.2) is 28.0 Å². The van der Waals surface area contributed by atoms with Crippen LogP contribution >= 0.6 is 11.5 Å². The summed E-state index contributed by atoms with van der Waals surface area (Å²) in [7, 11) is 0. The lowest BCUT2D eigenvalue weighted by atomic mass is 10.1. The van der Waals surface area contributed by atoms with Gasteiger partial charge in [0.25, 0.3) is 5.56 Å². The molecule has 0 saturated carbocycles. The van der Waals surface area contributed by atoms with Crippen LogP contribution in [0.4, 0.5) is 28.7 Å². The first-order valence-electron chi connectivity index (χ1n) is 7.86. The highest BCUT2D eigenvalue weighted by atomic mass is 32.1. The molecule has 1 aromatic heterocycles. The molecule has 27 heavy (non-hydrogen) atoms. The Morgan fingerprint density at radius 1 is 1.37 bits per heavy atom. The van der Waals surface area contributed by atoms with E-state index < -0.39 is 23.3 Å². The van der Waals surface area contributed by atoms with Gasteiger partial charge in [-0.3, -0.25) is 8.75 Å². The van der Waals surface area contributed by atoms with Crippen molar-refractivity contribution < 1.29 is 18.0 Å². The van der Waals surface area contributed by atoms with E-state index >= 15 is 0 Å². The number of carbonyl (C=O) groups excluding carboxylic acids is 1. The SMILES string of the molecule is N#Cc1c(Nc2ccccc2C(F)(F)F)sn([C@H]2CCN(C(N)=O)C2)c1=O. The lowest BCUT2D eigenvalue weighted by Crippen LogP contribution is -2.34. The van der Waals surface area contributed by atoms with Crippen LogP contribution in [0.3, 0.4) is 0 Å². The minimum Gasteiger partial charge on any atom is -0.351 e. The number of alkyl halides is 3.